The van der Waals surface area contributed by atoms with Crippen LogP contribution in [0.3, 0.4) is 0 Å². The number of hydrogen-bond acceptors (Lipinski definition) is 5. The molecule has 28 heavy (non-hydrogen) atoms. The van der Waals surface area contributed by atoms with E-state index in [0.717, 1.165) is 39.1 Å². The first-order valence-corrected chi connectivity index (χ1v) is 11.6. The van der Waals surface area contributed by atoms with Gasteiger partial charge >= 0.3 is 0 Å². The van der Waals surface area contributed by atoms with Crippen LogP contribution < -0.4 is 0 Å². The lowest BCUT2D eigenvalue weighted by Gasteiger charge is -2.36. The van der Waals surface area contributed by atoms with Gasteiger partial charge in [0, 0.05) is 88.1 Å². The van der Waals surface area contributed by atoms with E-state index in [-0.39, 0.29) is 0 Å². The van der Waals surface area contributed by atoms with Crippen molar-refractivity contribution >= 4 is 11.4 Å². The molecule has 4 fully saturated rings. The highest BCUT2D eigenvalue weighted by Gasteiger charge is 2.46. The maximum Gasteiger partial charge on any atom is 0.148 e. The maximum absolute atomic E-state index is 15.7. The summed E-state index contributed by atoms with van der Waals surface area (Å²) < 4.78 is 15.7. The molecular formula is C22H36FN5. The highest BCUT2D eigenvalue weighted by molar-refractivity contribution is 5.97. The van der Waals surface area contributed by atoms with Crippen LogP contribution in [0.1, 0.15) is 51.9 Å². The summed E-state index contributed by atoms with van der Waals surface area (Å²) in [5.74, 6) is 1.16. The van der Waals surface area contributed by atoms with Crippen molar-refractivity contribution in [3.8, 4) is 0 Å². The standard InChI is InChI=1S/C22H36FN5/c1-17-19-6-4-2-3-5-7-20(19)21(25-24-17)12-18-13-27-9-8-26-10-11-28(18)16-22(23,14-26)15-27/h18-20H,2-16H2,1H3/t18?,19?,20?,22-/m1/s1/i23-1. The molecule has 0 spiro atoms. The second-order valence-corrected chi connectivity index (χ2v) is 10.0. The summed E-state index contributed by atoms with van der Waals surface area (Å²) in [6, 6.07) is 0.383. The third-order valence-corrected chi connectivity index (χ3v) is 7.93. The summed E-state index contributed by atoms with van der Waals surface area (Å²) in [5, 5.41) is 9.36. The van der Waals surface area contributed by atoms with Gasteiger partial charge in [0.05, 0.1) is 0 Å². The molecular weight excluding hydrogens is 352 g/mol. The fraction of sp³-hybridized carbons (Fsp3) is 0.909. The molecule has 5 nitrogen and oxygen atoms in total. The van der Waals surface area contributed by atoms with Gasteiger partial charge in [0.15, 0.2) is 0 Å². The van der Waals surface area contributed by atoms with Gasteiger partial charge in [-0.1, -0.05) is 25.7 Å². The van der Waals surface area contributed by atoms with Crippen molar-refractivity contribution in [1.82, 2.24) is 14.7 Å². The number of fused-ring (bicyclic) bond motifs is 4. The molecule has 4 heterocycles. The number of hydrogen-bond donors (Lipinski definition) is 0. The lowest BCUT2D eigenvalue weighted by molar-refractivity contribution is 0.0928. The normalized spacial score (nSPS) is 46.4. The number of alkyl halides is 1. The summed E-state index contributed by atoms with van der Waals surface area (Å²) in [5.41, 5.74) is 1.48. The molecule has 1 saturated carbocycles. The number of rotatable bonds is 2. The van der Waals surface area contributed by atoms with Crippen LogP contribution in [0.4, 0.5) is 4.39 Å². The van der Waals surface area contributed by atoms with Crippen LogP contribution in [-0.2, 0) is 0 Å². The van der Waals surface area contributed by atoms with Crippen LogP contribution in [0.2, 0.25) is 0 Å². The Balaban J connectivity index is 1.38. The van der Waals surface area contributed by atoms with Crippen molar-refractivity contribution < 1.29 is 4.39 Å². The molecule has 0 aromatic rings. The minimum absolute atomic E-state index is 0.383. The third-order valence-electron chi connectivity index (χ3n) is 7.93. The van der Waals surface area contributed by atoms with E-state index in [4.69, 9.17) is 5.10 Å². The Morgan fingerprint density at radius 1 is 0.893 bits per heavy atom. The van der Waals surface area contributed by atoms with Crippen molar-refractivity contribution in [3.63, 3.8) is 0 Å². The summed E-state index contributed by atoms with van der Waals surface area (Å²) in [6.45, 7) is 8.99. The maximum atomic E-state index is 15.7. The Kier molecular flexibility index (Phi) is 5.31. The van der Waals surface area contributed by atoms with Gasteiger partial charge in [-0.25, -0.2) is 4.39 Å². The Morgan fingerprint density at radius 2 is 1.61 bits per heavy atom. The second kappa shape index (κ2) is 7.77. The largest absolute Gasteiger partial charge is 0.298 e. The smallest absolute Gasteiger partial charge is 0.148 e. The van der Waals surface area contributed by atoms with E-state index < -0.39 is 5.67 Å². The average Bonchev–Trinajstić information content (AvgIpc) is 2.94. The zero-order chi connectivity index (χ0) is 19.1. The van der Waals surface area contributed by atoms with Crippen LogP contribution in [0.5, 0.6) is 0 Å². The Labute approximate surface area is 169 Å². The van der Waals surface area contributed by atoms with E-state index in [9.17, 15) is 0 Å². The predicted molar refractivity (Wildman–Crippen MR) is 112 cm³/mol. The summed E-state index contributed by atoms with van der Waals surface area (Å²) in [6.07, 6.45) is 8.86. The lowest BCUT2D eigenvalue weighted by Crippen LogP contribution is -2.47. The molecule has 0 aromatic heterocycles. The zero-order valence-electron chi connectivity index (χ0n) is 17.5. The van der Waals surface area contributed by atoms with Crippen molar-refractivity contribution in [2.75, 3.05) is 52.4 Å². The second-order valence-electron chi connectivity index (χ2n) is 10.0. The molecule has 5 aliphatic rings. The Morgan fingerprint density at radius 3 is 2.46 bits per heavy atom. The van der Waals surface area contributed by atoms with Crippen LogP contribution in [0, 0.1) is 11.8 Å². The van der Waals surface area contributed by atoms with Gasteiger partial charge in [-0.15, -0.1) is 0 Å². The fourth-order valence-electron chi connectivity index (χ4n) is 6.48. The van der Waals surface area contributed by atoms with E-state index in [1.807, 2.05) is 0 Å². The molecule has 0 N–H and O–H groups in total. The van der Waals surface area contributed by atoms with Crippen molar-refractivity contribution in [2.45, 2.75) is 63.6 Å². The van der Waals surface area contributed by atoms with Crippen LogP contribution in [-0.4, -0.2) is 90.2 Å². The molecule has 0 amide bonds. The molecule has 4 aliphatic heterocycles. The van der Waals surface area contributed by atoms with Crippen LogP contribution >= 0.6 is 0 Å². The monoisotopic (exact) mass is 388 g/mol. The van der Waals surface area contributed by atoms with Gasteiger partial charge in [0.25, 0.3) is 0 Å². The van der Waals surface area contributed by atoms with Crippen LogP contribution in [0.25, 0.3) is 0 Å². The van der Waals surface area contributed by atoms with E-state index in [1.54, 1.807) is 0 Å². The minimum atomic E-state index is -1.08. The van der Waals surface area contributed by atoms with E-state index in [0.29, 0.717) is 37.5 Å². The number of halogens is 1. The topological polar surface area (TPSA) is 34.4 Å². The highest BCUT2D eigenvalue weighted by atomic mass is 18.2. The summed E-state index contributed by atoms with van der Waals surface area (Å²) in [4.78, 5) is 7.19. The van der Waals surface area contributed by atoms with E-state index in [1.165, 1.54) is 49.9 Å². The van der Waals surface area contributed by atoms with Gasteiger partial charge in [-0.3, -0.25) is 14.7 Å². The predicted octanol–water partition coefficient (Wildman–Crippen LogP) is 2.82. The molecule has 0 aromatic carbocycles. The quantitative estimate of drug-likeness (QED) is 0.730. The molecule has 156 valence electrons. The first-order valence-electron chi connectivity index (χ1n) is 11.6. The van der Waals surface area contributed by atoms with Crippen LogP contribution in [0.15, 0.2) is 10.2 Å². The lowest BCUT2D eigenvalue weighted by atomic mass is 9.75. The molecule has 7 atom stereocenters. The molecule has 6 heteroatoms. The van der Waals surface area contributed by atoms with E-state index in [2.05, 4.69) is 26.7 Å². The first-order chi connectivity index (χ1) is 13.6. The van der Waals surface area contributed by atoms with E-state index >= 15 is 4.39 Å². The Bertz CT molecular complexity index is 649. The summed E-state index contributed by atoms with van der Waals surface area (Å²) in [7, 11) is 0. The average molecular weight is 389 g/mol. The fourth-order valence-corrected chi connectivity index (χ4v) is 6.48. The molecule has 5 rings (SSSR count). The molecule has 4 bridgehead atoms. The highest BCUT2D eigenvalue weighted by Crippen LogP contribution is 2.35. The molecule has 3 saturated heterocycles. The molecule has 1 aliphatic carbocycles. The minimum Gasteiger partial charge on any atom is -0.298 e. The zero-order valence-corrected chi connectivity index (χ0v) is 17.5. The van der Waals surface area contributed by atoms with Gasteiger partial charge in [-0.2, -0.15) is 10.2 Å². The summed E-state index contributed by atoms with van der Waals surface area (Å²) >= 11 is 0. The van der Waals surface area contributed by atoms with Crippen molar-refractivity contribution in [3.05, 3.63) is 0 Å². The molecule has 0 radical (unpaired) electrons. The van der Waals surface area contributed by atoms with Crippen molar-refractivity contribution in [2.24, 2.45) is 22.0 Å². The molecule has 6 unspecified atom stereocenters. The SMILES string of the molecule is CC1=NN=C(CC2CN3CCN4CCN2C[C@@]([18F])(C4)C3)C2CCCCCCC12. The van der Waals surface area contributed by atoms with Gasteiger partial charge in [0.1, 0.15) is 5.67 Å². The first kappa shape index (κ1) is 19.1. The van der Waals surface area contributed by atoms with Gasteiger partial charge < -0.3 is 0 Å². The Hall–Kier alpha value is -0.850. The number of nitrogens with zero attached hydrogens (tertiary/aromatic N) is 5. The van der Waals surface area contributed by atoms with Crippen molar-refractivity contribution in [1.29, 1.82) is 0 Å². The van der Waals surface area contributed by atoms with Gasteiger partial charge in [-0.05, 0) is 19.8 Å². The van der Waals surface area contributed by atoms with Gasteiger partial charge in [0.2, 0.25) is 0 Å². The third kappa shape index (κ3) is 3.80.